The lowest BCUT2D eigenvalue weighted by atomic mass is 9.68. The number of nitrogens with one attached hydrogen (secondary N) is 1. The van der Waals surface area contributed by atoms with Crippen LogP contribution in [0.2, 0.25) is 5.02 Å². The third-order valence-electron chi connectivity index (χ3n) is 11.4. The Morgan fingerprint density at radius 1 is 1.18 bits per heavy atom. The fraction of sp³-hybridized carbons (Fsp3) is 0.575. The van der Waals surface area contributed by atoms with E-state index in [0.717, 1.165) is 68.5 Å². The normalized spacial score (nSPS) is 26.0. The average molecular weight is 725 g/mol. The number of aryl methyl sites for hydroxylation is 1. The van der Waals surface area contributed by atoms with Gasteiger partial charge in [0.1, 0.15) is 5.75 Å². The van der Waals surface area contributed by atoms with E-state index in [1.165, 1.54) is 11.1 Å². The third-order valence-corrected chi connectivity index (χ3v) is 13.4. The summed E-state index contributed by atoms with van der Waals surface area (Å²) in [6, 6.07) is 11.4. The highest BCUT2D eigenvalue weighted by Crippen LogP contribution is 2.46. The molecule has 0 radical (unpaired) electrons. The Balaban J connectivity index is 1.29. The van der Waals surface area contributed by atoms with Gasteiger partial charge >= 0.3 is 0 Å². The Morgan fingerprint density at radius 3 is 2.78 bits per heavy atom. The van der Waals surface area contributed by atoms with Crippen molar-refractivity contribution in [3.05, 3.63) is 82.9 Å². The van der Waals surface area contributed by atoms with E-state index in [9.17, 15) is 18.3 Å². The van der Waals surface area contributed by atoms with Gasteiger partial charge in [0.15, 0.2) is 0 Å². The van der Waals surface area contributed by atoms with Crippen molar-refractivity contribution in [1.82, 2.24) is 4.72 Å². The molecule has 2 fully saturated rings. The maximum absolute atomic E-state index is 13.7. The topological polar surface area (TPSA) is 105 Å². The number of nitrogens with zero attached hydrogens (tertiary/aromatic N) is 1. The van der Waals surface area contributed by atoms with E-state index in [-0.39, 0.29) is 28.9 Å². The number of sulfonamides is 1. The van der Waals surface area contributed by atoms with Crippen LogP contribution in [0.15, 0.2) is 61.2 Å². The molecular weight excluding hydrogens is 672 g/mol. The average Bonchev–Trinajstić information content (AvgIpc) is 3.55. The molecule has 1 saturated carbocycles. The van der Waals surface area contributed by atoms with Gasteiger partial charge in [0, 0.05) is 35.7 Å². The molecule has 0 aromatic heterocycles. The summed E-state index contributed by atoms with van der Waals surface area (Å²) in [6.45, 7) is 8.38. The smallest absolute Gasteiger partial charge is 0.264 e. The van der Waals surface area contributed by atoms with Crippen LogP contribution in [0.3, 0.4) is 0 Å². The summed E-state index contributed by atoms with van der Waals surface area (Å²) in [4.78, 5) is 16.1. The van der Waals surface area contributed by atoms with Gasteiger partial charge in [-0.2, -0.15) is 0 Å². The van der Waals surface area contributed by atoms with Crippen LogP contribution in [0, 0.1) is 11.8 Å². The van der Waals surface area contributed by atoms with Gasteiger partial charge in [-0.3, -0.25) is 4.79 Å². The summed E-state index contributed by atoms with van der Waals surface area (Å²) in [5, 5.41) is 11.1. The van der Waals surface area contributed by atoms with E-state index in [1.54, 1.807) is 24.3 Å². The molecule has 0 bridgehead atoms. The summed E-state index contributed by atoms with van der Waals surface area (Å²) in [6.07, 6.45) is 15.0. The minimum absolute atomic E-state index is 0.126. The number of hydrogen-bond donors (Lipinski definition) is 2. The number of amides is 1. The second-order valence-corrected chi connectivity index (χ2v) is 17.2. The van der Waals surface area contributed by atoms with Gasteiger partial charge in [0.2, 0.25) is 10.0 Å². The van der Waals surface area contributed by atoms with Crippen LogP contribution in [-0.4, -0.2) is 63.2 Å². The number of benzene rings is 2. The van der Waals surface area contributed by atoms with E-state index in [1.807, 2.05) is 12.1 Å². The number of halogens is 1. The number of anilines is 1. The lowest BCUT2D eigenvalue weighted by Gasteiger charge is -2.45. The van der Waals surface area contributed by atoms with E-state index in [0.29, 0.717) is 51.3 Å². The Bertz CT molecular complexity index is 1660. The summed E-state index contributed by atoms with van der Waals surface area (Å²) in [5.74, 6) is 0.424. The molecule has 2 heterocycles. The highest BCUT2D eigenvalue weighted by Gasteiger charge is 2.44. The Hall–Kier alpha value is -2.85. The van der Waals surface area contributed by atoms with E-state index < -0.39 is 27.3 Å². The number of rotatable bonds is 14. The monoisotopic (exact) mass is 724 g/mol. The van der Waals surface area contributed by atoms with Crippen LogP contribution < -0.4 is 14.4 Å². The predicted molar refractivity (Wildman–Crippen MR) is 200 cm³/mol. The maximum atomic E-state index is 13.7. The van der Waals surface area contributed by atoms with Gasteiger partial charge in [-0.05, 0) is 124 Å². The number of allylic oxidation sites excluding steroid dienone is 2. The summed E-state index contributed by atoms with van der Waals surface area (Å²) < 4.78 is 42.1. The Labute approximate surface area is 303 Å². The number of fused-ring (bicyclic) bond motifs is 3. The van der Waals surface area contributed by atoms with Gasteiger partial charge in [0.05, 0.1) is 29.8 Å². The molecule has 1 saturated heterocycles. The number of aliphatic hydroxyl groups is 1. The molecule has 2 aromatic carbocycles. The molecule has 1 amide bonds. The first-order valence-corrected chi connectivity index (χ1v) is 20.5. The molecular formula is C40H53ClN2O6S. The van der Waals surface area contributed by atoms with E-state index >= 15 is 0 Å². The molecule has 2 aliphatic heterocycles. The largest absolute Gasteiger partial charge is 0.490 e. The standard InChI is InChI=1S/C40H53ClN2O6S/c1-3-5-7-13-37(44)34-17-14-30(34)25-43-26-40(20-8-10-28-22-31(41)16-18-35(28)40)27-49-38-19-15-29(23-36(38)43)39(45)42-50(46,47)33(12-6-4-2)24-32-11-9-21-48-32/h4,7,13,15-16,18-19,22-23,30,32-34,37,44H,2-3,5-6,8-12,14,17,20-21,24-27H2,1H3,(H,42,45)/b13-7+/t30-,32+,33-,34+,37-,40-/m0/s1. The molecule has 272 valence electrons. The summed E-state index contributed by atoms with van der Waals surface area (Å²) in [5.41, 5.74) is 3.25. The molecule has 6 rings (SSSR count). The number of hydrogen-bond acceptors (Lipinski definition) is 7. The minimum Gasteiger partial charge on any atom is -0.490 e. The van der Waals surface area contributed by atoms with Gasteiger partial charge in [-0.25, -0.2) is 13.1 Å². The van der Waals surface area contributed by atoms with E-state index in [4.69, 9.17) is 21.1 Å². The number of aliphatic hydroxyl groups excluding tert-OH is 1. The fourth-order valence-corrected chi connectivity index (χ4v) is 10.1. The molecule has 1 spiro atoms. The molecule has 8 nitrogen and oxygen atoms in total. The van der Waals surface area contributed by atoms with Gasteiger partial charge in [-0.1, -0.05) is 49.2 Å². The molecule has 10 heteroatoms. The second-order valence-electron chi connectivity index (χ2n) is 14.8. The molecule has 2 aromatic rings. The quantitative estimate of drug-likeness (QED) is 0.194. The first kappa shape index (κ1) is 36.9. The minimum atomic E-state index is -3.99. The third kappa shape index (κ3) is 8.27. The molecule has 4 aliphatic rings. The van der Waals surface area contributed by atoms with Crippen LogP contribution in [0.5, 0.6) is 5.75 Å². The highest BCUT2D eigenvalue weighted by molar-refractivity contribution is 7.90. The number of unbranched alkanes of at least 4 members (excludes halogenated alkanes) is 1. The number of carbonyl (C=O) groups excluding carboxylic acids is 1. The van der Waals surface area contributed by atoms with Gasteiger partial charge in [0.25, 0.3) is 5.91 Å². The van der Waals surface area contributed by atoms with Gasteiger partial charge < -0.3 is 19.5 Å². The van der Waals surface area contributed by atoms with Crippen molar-refractivity contribution in [2.75, 3.05) is 31.2 Å². The van der Waals surface area contributed by atoms with Crippen molar-refractivity contribution in [3.8, 4) is 5.75 Å². The maximum Gasteiger partial charge on any atom is 0.264 e. The van der Waals surface area contributed by atoms with Crippen molar-refractivity contribution in [1.29, 1.82) is 0 Å². The first-order valence-electron chi connectivity index (χ1n) is 18.6. The van der Waals surface area contributed by atoms with Crippen molar-refractivity contribution in [2.24, 2.45) is 11.8 Å². The van der Waals surface area contributed by atoms with Crippen LogP contribution >= 0.6 is 11.6 Å². The Kier molecular flexibility index (Phi) is 12.0. The van der Waals surface area contributed by atoms with Crippen molar-refractivity contribution in [3.63, 3.8) is 0 Å². The molecule has 6 atom stereocenters. The summed E-state index contributed by atoms with van der Waals surface area (Å²) >= 11 is 6.44. The first-order chi connectivity index (χ1) is 24.1. The zero-order valence-electron chi connectivity index (χ0n) is 29.3. The predicted octanol–water partition coefficient (Wildman–Crippen LogP) is 7.52. The zero-order valence-corrected chi connectivity index (χ0v) is 30.9. The molecule has 50 heavy (non-hydrogen) atoms. The van der Waals surface area contributed by atoms with Crippen LogP contribution in [0.25, 0.3) is 0 Å². The van der Waals surface area contributed by atoms with Crippen molar-refractivity contribution < 1.29 is 27.8 Å². The Morgan fingerprint density at radius 2 is 2.04 bits per heavy atom. The van der Waals surface area contributed by atoms with Gasteiger partial charge in [-0.15, -0.1) is 6.58 Å². The fourth-order valence-electron chi connectivity index (χ4n) is 8.45. The van der Waals surface area contributed by atoms with E-state index in [2.05, 4.69) is 41.3 Å². The lowest BCUT2D eigenvalue weighted by molar-refractivity contribution is 0.0456. The lowest BCUT2D eigenvalue weighted by Crippen LogP contribution is -2.49. The second kappa shape index (κ2) is 16.2. The SMILES string of the molecule is C=CCC[C@@H](C[C@H]1CCCO1)S(=O)(=O)NC(=O)c1ccc2c(c1)N(C[C@@H]1CC[C@H]1[C@@H](O)/C=C/CCC)C[C@@]1(CCCc3cc(Cl)ccc31)CO2. The van der Waals surface area contributed by atoms with Crippen molar-refractivity contribution >= 4 is 33.2 Å². The molecule has 2 aliphatic carbocycles. The van der Waals surface area contributed by atoms with Crippen LogP contribution in [0.1, 0.15) is 99.0 Å². The number of carbonyl (C=O) groups is 1. The number of ether oxygens (including phenoxy) is 2. The summed E-state index contributed by atoms with van der Waals surface area (Å²) in [7, 11) is -3.99. The molecule has 2 N–H and O–H groups in total. The van der Waals surface area contributed by atoms with Crippen LogP contribution in [-0.2, 0) is 26.6 Å². The van der Waals surface area contributed by atoms with Crippen LogP contribution in [0.4, 0.5) is 5.69 Å². The molecule has 0 unspecified atom stereocenters. The van der Waals surface area contributed by atoms with Crippen molar-refractivity contribution in [2.45, 2.75) is 107 Å². The highest BCUT2D eigenvalue weighted by atomic mass is 35.5. The zero-order chi connectivity index (χ0) is 35.3.